The fourth-order valence-corrected chi connectivity index (χ4v) is 3.00. The van der Waals surface area contributed by atoms with Gasteiger partial charge in [-0.05, 0) is 43.2 Å². The van der Waals surface area contributed by atoms with Crippen molar-refractivity contribution < 1.29 is 27.8 Å². The van der Waals surface area contributed by atoms with Crippen molar-refractivity contribution in [2.75, 3.05) is 19.9 Å². The van der Waals surface area contributed by atoms with Crippen LogP contribution in [0.3, 0.4) is 0 Å². The minimum atomic E-state index is -0.917. The van der Waals surface area contributed by atoms with Crippen molar-refractivity contribution in [1.82, 2.24) is 10.2 Å². The number of carbonyl (C=O) groups excluding carboxylic acids is 2. The summed E-state index contributed by atoms with van der Waals surface area (Å²) in [7, 11) is 0. The zero-order valence-corrected chi connectivity index (χ0v) is 16.0. The van der Waals surface area contributed by atoms with Gasteiger partial charge < -0.3 is 19.7 Å². The van der Waals surface area contributed by atoms with Crippen LogP contribution in [0.2, 0.25) is 0 Å². The lowest BCUT2D eigenvalue weighted by atomic mass is 10.1. The summed E-state index contributed by atoms with van der Waals surface area (Å²) in [5.74, 6) is -0.987. The second-order valence-corrected chi connectivity index (χ2v) is 6.58. The van der Waals surface area contributed by atoms with E-state index in [9.17, 15) is 18.4 Å². The number of hydrogen-bond donors (Lipinski definition) is 1. The maximum Gasteiger partial charge on any atom is 0.254 e. The number of hydrogen-bond acceptors (Lipinski definition) is 4. The molecule has 0 spiro atoms. The third-order valence-corrected chi connectivity index (χ3v) is 4.57. The van der Waals surface area contributed by atoms with E-state index in [2.05, 4.69) is 5.32 Å². The van der Waals surface area contributed by atoms with E-state index in [4.69, 9.17) is 9.47 Å². The number of rotatable bonds is 8. The van der Waals surface area contributed by atoms with Crippen LogP contribution in [0, 0.1) is 11.6 Å². The van der Waals surface area contributed by atoms with E-state index < -0.39 is 17.5 Å². The summed E-state index contributed by atoms with van der Waals surface area (Å²) in [6.45, 7) is 3.29. The minimum Gasteiger partial charge on any atom is -0.454 e. The monoisotopic (exact) mass is 404 g/mol. The Hall–Kier alpha value is -3.16. The number of fused-ring (bicyclic) bond motifs is 1. The summed E-state index contributed by atoms with van der Waals surface area (Å²) in [4.78, 5) is 26.1. The summed E-state index contributed by atoms with van der Waals surface area (Å²) in [5, 5.41) is 2.55. The average Bonchev–Trinajstić information content (AvgIpc) is 3.16. The molecule has 0 bridgehead atoms. The summed E-state index contributed by atoms with van der Waals surface area (Å²) in [6.07, 6.45) is 0.648. The molecule has 0 aliphatic carbocycles. The second kappa shape index (κ2) is 9.36. The smallest absolute Gasteiger partial charge is 0.254 e. The number of ether oxygens (including phenoxy) is 2. The Kier molecular flexibility index (Phi) is 6.64. The van der Waals surface area contributed by atoms with Crippen molar-refractivity contribution in [3.05, 3.63) is 59.2 Å². The molecular weight excluding hydrogens is 382 g/mol. The molecule has 2 aromatic rings. The summed E-state index contributed by atoms with van der Waals surface area (Å²) >= 11 is 0. The first-order chi connectivity index (χ1) is 14.0. The lowest BCUT2D eigenvalue weighted by Crippen LogP contribution is -2.31. The minimum absolute atomic E-state index is 0.0487. The van der Waals surface area contributed by atoms with Crippen LogP contribution in [0.15, 0.2) is 36.4 Å². The second-order valence-electron chi connectivity index (χ2n) is 6.58. The van der Waals surface area contributed by atoms with Crippen LogP contribution in [0.25, 0.3) is 0 Å². The largest absolute Gasteiger partial charge is 0.454 e. The Morgan fingerprint density at radius 2 is 1.90 bits per heavy atom. The topological polar surface area (TPSA) is 67.9 Å². The highest BCUT2D eigenvalue weighted by atomic mass is 19.1. The normalized spacial score (nSPS) is 12.0. The van der Waals surface area contributed by atoms with Crippen LogP contribution in [-0.2, 0) is 11.3 Å². The Morgan fingerprint density at radius 1 is 1.10 bits per heavy atom. The predicted octanol–water partition coefficient (Wildman–Crippen LogP) is 3.25. The molecule has 1 N–H and O–H groups in total. The number of benzene rings is 2. The molecule has 0 unspecified atom stereocenters. The van der Waals surface area contributed by atoms with Crippen molar-refractivity contribution in [3.8, 4) is 11.5 Å². The highest BCUT2D eigenvalue weighted by Crippen LogP contribution is 2.32. The number of carbonyl (C=O) groups is 2. The van der Waals surface area contributed by atoms with E-state index in [1.807, 2.05) is 25.1 Å². The van der Waals surface area contributed by atoms with Crippen molar-refractivity contribution in [2.45, 2.75) is 26.3 Å². The summed E-state index contributed by atoms with van der Waals surface area (Å²) < 4.78 is 37.1. The van der Waals surface area contributed by atoms with Gasteiger partial charge >= 0.3 is 0 Å². The number of amides is 2. The van der Waals surface area contributed by atoms with Crippen LogP contribution in [0.5, 0.6) is 11.5 Å². The first-order valence-corrected chi connectivity index (χ1v) is 9.37. The SMILES string of the molecule is CCN(Cc1ccc2c(c1)OCO2)C(=O)CCCNC(=O)c1ccc(F)cc1F. The molecule has 3 rings (SSSR count). The maximum absolute atomic E-state index is 13.6. The van der Waals surface area contributed by atoms with Crippen molar-refractivity contribution >= 4 is 11.8 Å². The van der Waals surface area contributed by atoms with Crippen molar-refractivity contribution in [1.29, 1.82) is 0 Å². The van der Waals surface area contributed by atoms with Gasteiger partial charge in [0, 0.05) is 32.1 Å². The molecule has 6 nitrogen and oxygen atoms in total. The van der Waals surface area contributed by atoms with E-state index in [-0.39, 0.29) is 31.2 Å². The Labute approximate surface area is 167 Å². The molecule has 154 valence electrons. The first kappa shape index (κ1) is 20.6. The zero-order valence-electron chi connectivity index (χ0n) is 16.0. The van der Waals surface area contributed by atoms with E-state index >= 15 is 0 Å². The molecule has 2 amide bonds. The van der Waals surface area contributed by atoms with Gasteiger partial charge in [-0.1, -0.05) is 6.07 Å². The molecule has 0 atom stereocenters. The van der Waals surface area contributed by atoms with Gasteiger partial charge in [0.25, 0.3) is 5.91 Å². The average molecular weight is 404 g/mol. The molecule has 0 radical (unpaired) electrons. The van der Waals surface area contributed by atoms with Crippen LogP contribution < -0.4 is 14.8 Å². The fraction of sp³-hybridized carbons (Fsp3) is 0.333. The van der Waals surface area contributed by atoms with Crippen LogP contribution in [0.1, 0.15) is 35.7 Å². The van der Waals surface area contributed by atoms with E-state index in [1.165, 1.54) is 0 Å². The number of nitrogens with one attached hydrogen (secondary N) is 1. The van der Waals surface area contributed by atoms with Crippen molar-refractivity contribution in [2.24, 2.45) is 0 Å². The van der Waals surface area contributed by atoms with Crippen molar-refractivity contribution in [3.63, 3.8) is 0 Å². The van der Waals surface area contributed by atoms with Crippen LogP contribution >= 0.6 is 0 Å². The number of halogens is 2. The first-order valence-electron chi connectivity index (χ1n) is 9.37. The fourth-order valence-electron chi connectivity index (χ4n) is 3.00. The van der Waals surface area contributed by atoms with Gasteiger partial charge in [-0.2, -0.15) is 0 Å². The van der Waals surface area contributed by atoms with Gasteiger partial charge in [0.15, 0.2) is 11.5 Å². The van der Waals surface area contributed by atoms with Gasteiger partial charge in [-0.15, -0.1) is 0 Å². The molecule has 0 saturated heterocycles. The maximum atomic E-state index is 13.6. The van der Waals surface area contributed by atoms with Gasteiger partial charge in [-0.25, -0.2) is 8.78 Å². The molecule has 0 fully saturated rings. The highest BCUT2D eigenvalue weighted by Gasteiger charge is 2.17. The molecule has 8 heteroatoms. The van der Waals surface area contributed by atoms with Crippen LogP contribution in [0.4, 0.5) is 8.78 Å². The highest BCUT2D eigenvalue weighted by molar-refractivity contribution is 5.94. The summed E-state index contributed by atoms with van der Waals surface area (Å²) in [5.41, 5.74) is 0.709. The Balaban J connectivity index is 1.45. The van der Waals surface area contributed by atoms with E-state index in [0.717, 1.165) is 17.7 Å². The van der Waals surface area contributed by atoms with Gasteiger partial charge in [0.05, 0.1) is 5.56 Å². The standard InChI is InChI=1S/C21H22F2N2O4/c1-2-25(12-14-5-8-18-19(10-14)29-13-28-18)20(26)4-3-9-24-21(27)16-7-6-15(22)11-17(16)23/h5-8,10-11H,2-4,9,12-13H2,1H3,(H,24,27). The molecule has 29 heavy (non-hydrogen) atoms. The quantitative estimate of drug-likeness (QED) is 0.686. The zero-order chi connectivity index (χ0) is 20.8. The Morgan fingerprint density at radius 3 is 2.66 bits per heavy atom. The third-order valence-electron chi connectivity index (χ3n) is 4.57. The molecule has 0 saturated carbocycles. The lowest BCUT2D eigenvalue weighted by Gasteiger charge is -2.21. The number of nitrogens with zero attached hydrogens (tertiary/aromatic N) is 1. The van der Waals surface area contributed by atoms with E-state index in [0.29, 0.717) is 37.1 Å². The molecular formula is C21H22F2N2O4. The molecule has 1 heterocycles. The summed E-state index contributed by atoms with van der Waals surface area (Å²) in [6, 6.07) is 8.34. The van der Waals surface area contributed by atoms with E-state index in [1.54, 1.807) is 4.90 Å². The molecule has 1 aliphatic heterocycles. The molecule has 1 aliphatic rings. The molecule has 2 aromatic carbocycles. The van der Waals surface area contributed by atoms with Gasteiger partial charge in [-0.3, -0.25) is 9.59 Å². The van der Waals surface area contributed by atoms with Gasteiger partial charge in [0.2, 0.25) is 12.7 Å². The molecule has 0 aromatic heterocycles. The predicted molar refractivity (Wildman–Crippen MR) is 102 cm³/mol. The Bertz CT molecular complexity index is 904. The van der Waals surface area contributed by atoms with Crippen LogP contribution in [-0.4, -0.2) is 36.6 Å². The lowest BCUT2D eigenvalue weighted by molar-refractivity contribution is -0.131. The van der Waals surface area contributed by atoms with Gasteiger partial charge in [0.1, 0.15) is 11.6 Å². The third kappa shape index (κ3) is 5.22.